The van der Waals surface area contributed by atoms with E-state index in [-0.39, 0.29) is 6.09 Å². The van der Waals surface area contributed by atoms with Crippen LogP contribution in [0.25, 0.3) is 0 Å². The van der Waals surface area contributed by atoms with E-state index in [0.29, 0.717) is 13.3 Å². The summed E-state index contributed by atoms with van der Waals surface area (Å²) in [4.78, 5) is 13.5. The summed E-state index contributed by atoms with van der Waals surface area (Å²) in [6, 6.07) is 9.74. The number of benzene rings is 1. The zero-order chi connectivity index (χ0) is 11.9. The normalized spacial score (nSPS) is 16.4. The lowest BCUT2D eigenvalue weighted by Crippen LogP contribution is -2.37. The van der Waals surface area contributed by atoms with E-state index in [1.807, 2.05) is 30.3 Å². The first-order valence-electron chi connectivity index (χ1n) is 6.02. The molecule has 0 spiro atoms. The van der Waals surface area contributed by atoms with Crippen molar-refractivity contribution in [3.8, 4) is 0 Å². The molecule has 0 aromatic heterocycles. The van der Waals surface area contributed by atoms with Crippen molar-refractivity contribution in [3.05, 3.63) is 35.9 Å². The third-order valence-corrected chi connectivity index (χ3v) is 2.80. The van der Waals surface area contributed by atoms with Gasteiger partial charge in [0.05, 0.1) is 6.67 Å². The van der Waals surface area contributed by atoms with Crippen molar-refractivity contribution in [2.45, 2.75) is 19.4 Å². The van der Waals surface area contributed by atoms with E-state index in [0.717, 1.165) is 31.5 Å². The standard InChI is InChI=1S/C13H18N2O2/c16-13(15-9-5-4-8-14-11-15)17-10-12-6-2-1-3-7-12/h1-3,6-7,14H,4-5,8-11H2. The molecule has 1 N–H and O–H groups in total. The Labute approximate surface area is 102 Å². The molecule has 1 fully saturated rings. The van der Waals surface area contributed by atoms with Crippen LogP contribution in [0.2, 0.25) is 0 Å². The maximum absolute atomic E-state index is 11.8. The molecule has 1 amide bonds. The first-order chi connectivity index (χ1) is 8.36. The Morgan fingerprint density at radius 2 is 2.12 bits per heavy atom. The van der Waals surface area contributed by atoms with Crippen molar-refractivity contribution in [1.82, 2.24) is 10.2 Å². The van der Waals surface area contributed by atoms with Crippen molar-refractivity contribution in [2.75, 3.05) is 19.8 Å². The molecule has 1 aliphatic heterocycles. The van der Waals surface area contributed by atoms with Crippen LogP contribution in [0.5, 0.6) is 0 Å². The largest absolute Gasteiger partial charge is 0.445 e. The summed E-state index contributed by atoms with van der Waals surface area (Å²) in [5.74, 6) is 0. The highest BCUT2D eigenvalue weighted by molar-refractivity contribution is 5.67. The molecule has 4 heteroatoms. The Morgan fingerprint density at radius 3 is 2.94 bits per heavy atom. The third-order valence-electron chi connectivity index (χ3n) is 2.80. The van der Waals surface area contributed by atoms with Gasteiger partial charge in [0.15, 0.2) is 0 Å². The summed E-state index contributed by atoms with van der Waals surface area (Å²) in [6.45, 7) is 2.69. The zero-order valence-corrected chi connectivity index (χ0v) is 9.89. The van der Waals surface area contributed by atoms with Crippen LogP contribution in [0, 0.1) is 0 Å². The second-order valence-electron chi connectivity index (χ2n) is 4.17. The van der Waals surface area contributed by atoms with Crippen LogP contribution in [0.3, 0.4) is 0 Å². The predicted molar refractivity (Wildman–Crippen MR) is 65.4 cm³/mol. The van der Waals surface area contributed by atoms with Gasteiger partial charge in [0.2, 0.25) is 0 Å². The fourth-order valence-corrected chi connectivity index (χ4v) is 1.81. The summed E-state index contributed by atoms with van der Waals surface area (Å²) in [5, 5.41) is 3.20. The van der Waals surface area contributed by atoms with Gasteiger partial charge in [-0.25, -0.2) is 4.79 Å². The number of nitrogens with one attached hydrogen (secondary N) is 1. The predicted octanol–water partition coefficient (Wildman–Crippen LogP) is 1.97. The number of amides is 1. The Bertz CT molecular complexity index is 346. The van der Waals surface area contributed by atoms with E-state index in [2.05, 4.69) is 5.32 Å². The third kappa shape index (κ3) is 3.75. The minimum atomic E-state index is -0.233. The van der Waals surface area contributed by atoms with E-state index in [1.165, 1.54) is 0 Å². The molecule has 92 valence electrons. The monoisotopic (exact) mass is 234 g/mol. The molecule has 0 radical (unpaired) electrons. The SMILES string of the molecule is O=C(OCc1ccccc1)N1CCCCNC1. The smallest absolute Gasteiger partial charge is 0.411 e. The van der Waals surface area contributed by atoms with Crippen LogP contribution >= 0.6 is 0 Å². The molecule has 0 atom stereocenters. The Hall–Kier alpha value is -1.55. The van der Waals surface area contributed by atoms with Gasteiger partial charge in [0.25, 0.3) is 0 Å². The van der Waals surface area contributed by atoms with Gasteiger partial charge in [-0.15, -0.1) is 0 Å². The molecule has 1 heterocycles. The average molecular weight is 234 g/mol. The number of nitrogens with zero attached hydrogens (tertiary/aromatic N) is 1. The number of ether oxygens (including phenoxy) is 1. The van der Waals surface area contributed by atoms with E-state index >= 15 is 0 Å². The van der Waals surface area contributed by atoms with Gasteiger partial charge in [-0.1, -0.05) is 30.3 Å². The summed E-state index contributed by atoms with van der Waals surface area (Å²) in [5.41, 5.74) is 1.02. The molecule has 0 bridgehead atoms. The van der Waals surface area contributed by atoms with Gasteiger partial charge in [0, 0.05) is 6.54 Å². The molecule has 4 nitrogen and oxygen atoms in total. The second kappa shape index (κ2) is 6.25. The lowest BCUT2D eigenvalue weighted by Gasteiger charge is -2.19. The number of carbonyl (C=O) groups is 1. The second-order valence-corrected chi connectivity index (χ2v) is 4.17. The lowest BCUT2D eigenvalue weighted by atomic mass is 10.2. The summed E-state index contributed by atoms with van der Waals surface area (Å²) in [6.07, 6.45) is 1.92. The van der Waals surface area contributed by atoms with E-state index in [1.54, 1.807) is 4.90 Å². The molecule has 2 rings (SSSR count). The molecule has 1 saturated heterocycles. The minimum Gasteiger partial charge on any atom is -0.445 e. The topological polar surface area (TPSA) is 41.6 Å². The van der Waals surface area contributed by atoms with Crippen LogP contribution in [0.1, 0.15) is 18.4 Å². The summed E-state index contributed by atoms with van der Waals surface area (Å²) < 4.78 is 5.27. The fraction of sp³-hybridized carbons (Fsp3) is 0.462. The average Bonchev–Trinajstić information content (AvgIpc) is 2.66. The van der Waals surface area contributed by atoms with E-state index < -0.39 is 0 Å². The van der Waals surface area contributed by atoms with Crippen molar-refractivity contribution >= 4 is 6.09 Å². The first kappa shape index (κ1) is 11.9. The Balaban J connectivity index is 1.80. The fourth-order valence-electron chi connectivity index (χ4n) is 1.81. The highest BCUT2D eigenvalue weighted by atomic mass is 16.6. The molecule has 0 aliphatic carbocycles. The molecule has 17 heavy (non-hydrogen) atoms. The number of rotatable bonds is 2. The van der Waals surface area contributed by atoms with Gasteiger partial charge in [-0.05, 0) is 24.9 Å². The molecule has 0 unspecified atom stereocenters. The van der Waals surface area contributed by atoms with Crippen LogP contribution < -0.4 is 5.32 Å². The Kier molecular flexibility index (Phi) is 4.38. The number of hydrogen-bond acceptors (Lipinski definition) is 3. The van der Waals surface area contributed by atoms with Gasteiger partial charge in [-0.3, -0.25) is 10.2 Å². The molecule has 1 aliphatic rings. The molecule has 1 aromatic rings. The van der Waals surface area contributed by atoms with Crippen LogP contribution in [0.15, 0.2) is 30.3 Å². The van der Waals surface area contributed by atoms with Gasteiger partial charge in [-0.2, -0.15) is 0 Å². The van der Waals surface area contributed by atoms with Crippen molar-refractivity contribution in [1.29, 1.82) is 0 Å². The quantitative estimate of drug-likeness (QED) is 0.850. The summed E-state index contributed by atoms with van der Waals surface area (Å²) in [7, 11) is 0. The zero-order valence-electron chi connectivity index (χ0n) is 9.89. The number of hydrogen-bond donors (Lipinski definition) is 1. The highest BCUT2D eigenvalue weighted by Crippen LogP contribution is 2.05. The molecule has 0 saturated carbocycles. The lowest BCUT2D eigenvalue weighted by molar-refractivity contribution is 0.0956. The molecular formula is C13H18N2O2. The van der Waals surface area contributed by atoms with Crippen molar-refractivity contribution in [3.63, 3.8) is 0 Å². The van der Waals surface area contributed by atoms with Crippen molar-refractivity contribution in [2.24, 2.45) is 0 Å². The molecule has 1 aromatic carbocycles. The van der Waals surface area contributed by atoms with Crippen LogP contribution in [-0.2, 0) is 11.3 Å². The van der Waals surface area contributed by atoms with Gasteiger partial charge < -0.3 is 4.74 Å². The van der Waals surface area contributed by atoms with Crippen molar-refractivity contribution < 1.29 is 9.53 Å². The van der Waals surface area contributed by atoms with Gasteiger partial charge in [0.1, 0.15) is 6.61 Å². The Morgan fingerprint density at radius 1 is 1.29 bits per heavy atom. The van der Waals surface area contributed by atoms with E-state index in [4.69, 9.17) is 4.74 Å². The van der Waals surface area contributed by atoms with Crippen LogP contribution in [0.4, 0.5) is 4.79 Å². The van der Waals surface area contributed by atoms with Gasteiger partial charge >= 0.3 is 6.09 Å². The first-order valence-corrected chi connectivity index (χ1v) is 6.02. The summed E-state index contributed by atoms with van der Waals surface area (Å²) >= 11 is 0. The molecular weight excluding hydrogens is 216 g/mol. The highest BCUT2D eigenvalue weighted by Gasteiger charge is 2.16. The maximum atomic E-state index is 11.8. The van der Waals surface area contributed by atoms with E-state index in [9.17, 15) is 4.79 Å². The van der Waals surface area contributed by atoms with Crippen LogP contribution in [-0.4, -0.2) is 30.8 Å². The minimum absolute atomic E-state index is 0.233. The maximum Gasteiger partial charge on any atom is 0.411 e. The number of carbonyl (C=O) groups excluding carboxylic acids is 1.